The van der Waals surface area contributed by atoms with Crippen LogP contribution in [0.1, 0.15) is 15.9 Å². The summed E-state index contributed by atoms with van der Waals surface area (Å²) in [5.41, 5.74) is 3.31. The van der Waals surface area contributed by atoms with Gasteiger partial charge in [-0.2, -0.15) is 5.10 Å². The number of benzene rings is 1. The number of amides is 1. The number of aromatic nitrogens is 4. The van der Waals surface area contributed by atoms with Crippen LogP contribution in [0.4, 0.5) is 10.1 Å². The highest BCUT2D eigenvalue weighted by molar-refractivity contribution is 6.12. The van der Waals surface area contributed by atoms with Crippen LogP contribution in [0.2, 0.25) is 0 Å². The summed E-state index contributed by atoms with van der Waals surface area (Å²) in [5, 5.41) is 7.86. The number of nitrogens with zero attached hydrogens (tertiary/aromatic N) is 4. The smallest absolute Gasteiger partial charge is 0.257 e. The molecule has 0 spiro atoms. The second-order valence-electron chi connectivity index (χ2n) is 5.80. The van der Waals surface area contributed by atoms with Gasteiger partial charge in [-0.3, -0.25) is 14.8 Å². The Kier molecular flexibility index (Phi) is 3.89. The van der Waals surface area contributed by atoms with Crippen LogP contribution in [0, 0.1) is 12.7 Å². The van der Waals surface area contributed by atoms with Crippen molar-refractivity contribution >= 4 is 22.5 Å². The third-order valence-electron chi connectivity index (χ3n) is 4.08. The van der Waals surface area contributed by atoms with Crippen molar-refractivity contribution < 1.29 is 9.18 Å². The molecule has 7 heteroatoms. The van der Waals surface area contributed by atoms with Gasteiger partial charge in [-0.15, -0.1) is 0 Å². The maximum atomic E-state index is 13.2. The lowest BCUT2D eigenvalue weighted by molar-refractivity contribution is 0.102. The van der Waals surface area contributed by atoms with Gasteiger partial charge in [0.25, 0.3) is 5.91 Å². The second-order valence-corrected chi connectivity index (χ2v) is 5.80. The van der Waals surface area contributed by atoms with E-state index in [9.17, 15) is 9.18 Å². The molecule has 0 aliphatic carbocycles. The molecule has 4 rings (SSSR count). The van der Waals surface area contributed by atoms with E-state index in [1.54, 1.807) is 47.7 Å². The second kappa shape index (κ2) is 6.36. The van der Waals surface area contributed by atoms with Crippen molar-refractivity contribution in [2.45, 2.75) is 6.92 Å². The number of nitrogens with one attached hydrogen (secondary N) is 1. The summed E-state index contributed by atoms with van der Waals surface area (Å²) in [5.74, 6) is -0.604. The molecule has 0 saturated carbocycles. The highest BCUT2D eigenvalue weighted by atomic mass is 19.1. The van der Waals surface area contributed by atoms with E-state index in [-0.39, 0.29) is 11.7 Å². The summed E-state index contributed by atoms with van der Waals surface area (Å²) < 4.78 is 14.8. The van der Waals surface area contributed by atoms with Gasteiger partial charge in [0.2, 0.25) is 0 Å². The van der Waals surface area contributed by atoms with Crippen molar-refractivity contribution in [1.29, 1.82) is 0 Å². The molecule has 0 unspecified atom stereocenters. The van der Waals surface area contributed by atoms with E-state index in [1.807, 2.05) is 6.92 Å². The molecular weight excluding hydrogens is 333 g/mol. The molecule has 1 aromatic carbocycles. The Labute approximate surface area is 148 Å². The molecule has 3 heterocycles. The zero-order valence-electron chi connectivity index (χ0n) is 13.8. The first-order valence-electron chi connectivity index (χ1n) is 7.93. The number of carbonyl (C=O) groups is 1. The van der Waals surface area contributed by atoms with E-state index in [4.69, 9.17) is 0 Å². The molecule has 3 aromatic heterocycles. The zero-order valence-corrected chi connectivity index (χ0v) is 13.8. The molecule has 4 aromatic rings. The lowest BCUT2D eigenvalue weighted by Crippen LogP contribution is -2.13. The number of fused-ring (bicyclic) bond motifs is 1. The van der Waals surface area contributed by atoms with Gasteiger partial charge in [-0.1, -0.05) is 0 Å². The molecule has 128 valence electrons. The van der Waals surface area contributed by atoms with Gasteiger partial charge in [0, 0.05) is 29.7 Å². The van der Waals surface area contributed by atoms with E-state index >= 15 is 0 Å². The Morgan fingerprint density at radius 1 is 1.04 bits per heavy atom. The number of anilines is 1. The lowest BCUT2D eigenvalue weighted by Gasteiger charge is -2.08. The topological polar surface area (TPSA) is 72.7 Å². The monoisotopic (exact) mass is 347 g/mol. The number of aryl methyl sites for hydroxylation is 1. The molecule has 1 amide bonds. The Morgan fingerprint density at radius 2 is 1.85 bits per heavy atom. The van der Waals surface area contributed by atoms with Gasteiger partial charge in [-0.05, 0) is 42.8 Å². The number of pyridine rings is 2. The van der Waals surface area contributed by atoms with Crippen LogP contribution < -0.4 is 5.32 Å². The molecule has 0 radical (unpaired) electrons. The number of hydrogen-bond donors (Lipinski definition) is 1. The summed E-state index contributed by atoms with van der Waals surface area (Å²) in [6.07, 6.45) is 8.04. The minimum Gasteiger partial charge on any atom is -0.322 e. The van der Waals surface area contributed by atoms with Gasteiger partial charge >= 0.3 is 0 Å². The van der Waals surface area contributed by atoms with Crippen molar-refractivity contribution in [3.63, 3.8) is 0 Å². The Bertz CT molecular complexity index is 1100. The van der Waals surface area contributed by atoms with E-state index < -0.39 is 0 Å². The highest BCUT2D eigenvalue weighted by Gasteiger charge is 2.15. The van der Waals surface area contributed by atoms with E-state index in [2.05, 4.69) is 20.4 Å². The summed E-state index contributed by atoms with van der Waals surface area (Å²) in [4.78, 5) is 20.9. The average molecular weight is 347 g/mol. The predicted octanol–water partition coefficient (Wildman–Crippen LogP) is 3.52. The van der Waals surface area contributed by atoms with Crippen molar-refractivity contribution in [3.05, 3.63) is 78.3 Å². The van der Waals surface area contributed by atoms with E-state index in [0.717, 1.165) is 5.56 Å². The standard InChI is InChI=1S/C19H14FN5O/c1-12-8-21-7-6-17(12)24-19(26)16-9-22-11-18-15(16)10-23-25(18)14-4-2-13(20)3-5-14/h2-11H,1H3,(H,21,24,26). The van der Waals surface area contributed by atoms with E-state index in [1.165, 1.54) is 18.3 Å². The van der Waals surface area contributed by atoms with Gasteiger partial charge in [0.1, 0.15) is 5.82 Å². The summed E-state index contributed by atoms with van der Waals surface area (Å²) in [7, 11) is 0. The lowest BCUT2D eigenvalue weighted by atomic mass is 10.1. The zero-order chi connectivity index (χ0) is 18.1. The van der Waals surface area contributed by atoms with E-state index in [0.29, 0.717) is 27.8 Å². The first-order valence-corrected chi connectivity index (χ1v) is 7.93. The Morgan fingerprint density at radius 3 is 2.62 bits per heavy atom. The molecule has 0 fully saturated rings. The molecule has 6 nitrogen and oxygen atoms in total. The molecular formula is C19H14FN5O. The fourth-order valence-electron chi connectivity index (χ4n) is 2.71. The predicted molar refractivity (Wildman–Crippen MR) is 95.8 cm³/mol. The molecule has 0 aliphatic heterocycles. The SMILES string of the molecule is Cc1cnccc1NC(=O)c1cncc2c1cnn2-c1ccc(F)cc1. The summed E-state index contributed by atoms with van der Waals surface area (Å²) in [6.45, 7) is 1.87. The molecule has 0 atom stereocenters. The minimum atomic E-state index is -0.323. The number of hydrogen-bond acceptors (Lipinski definition) is 4. The fourth-order valence-corrected chi connectivity index (χ4v) is 2.71. The average Bonchev–Trinajstić information content (AvgIpc) is 3.08. The number of halogens is 1. The van der Waals surface area contributed by atoms with Crippen LogP contribution in [0.15, 0.2) is 61.3 Å². The maximum Gasteiger partial charge on any atom is 0.257 e. The first kappa shape index (κ1) is 15.9. The number of rotatable bonds is 3. The fraction of sp³-hybridized carbons (Fsp3) is 0.0526. The Balaban J connectivity index is 1.74. The maximum absolute atomic E-state index is 13.2. The summed E-state index contributed by atoms with van der Waals surface area (Å²) >= 11 is 0. The third-order valence-corrected chi connectivity index (χ3v) is 4.08. The van der Waals surface area contributed by atoms with Crippen molar-refractivity contribution in [2.24, 2.45) is 0 Å². The van der Waals surface area contributed by atoms with Crippen LogP contribution in [-0.4, -0.2) is 25.7 Å². The first-order chi connectivity index (χ1) is 12.6. The van der Waals surface area contributed by atoms with Crippen LogP contribution in [0.3, 0.4) is 0 Å². The molecule has 1 N–H and O–H groups in total. The molecule has 0 bridgehead atoms. The largest absolute Gasteiger partial charge is 0.322 e. The van der Waals surface area contributed by atoms with Crippen molar-refractivity contribution in [1.82, 2.24) is 19.7 Å². The molecule has 26 heavy (non-hydrogen) atoms. The van der Waals surface area contributed by atoms with Gasteiger partial charge < -0.3 is 5.32 Å². The summed E-state index contributed by atoms with van der Waals surface area (Å²) in [6, 6.07) is 7.70. The van der Waals surface area contributed by atoms with Gasteiger partial charge in [-0.25, -0.2) is 9.07 Å². The number of carbonyl (C=O) groups excluding carboxylic acids is 1. The minimum absolute atomic E-state index is 0.281. The quantitative estimate of drug-likeness (QED) is 0.615. The van der Waals surface area contributed by atoms with Crippen molar-refractivity contribution in [2.75, 3.05) is 5.32 Å². The van der Waals surface area contributed by atoms with Crippen LogP contribution in [0.25, 0.3) is 16.6 Å². The highest BCUT2D eigenvalue weighted by Crippen LogP contribution is 2.22. The van der Waals surface area contributed by atoms with Crippen LogP contribution in [0.5, 0.6) is 0 Å². The Hall–Kier alpha value is -3.61. The normalized spacial score (nSPS) is 10.8. The molecule has 0 aliphatic rings. The van der Waals surface area contributed by atoms with Crippen LogP contribution in [-0.2, 0) is 0 Å². The molecule has 0 saturated heterocycles. The third kappa shape index (κ3) is 2.79. The van der Waals surface area contributed by atoms with Crippen LogP contribution >= 0.6 is 0 Å². The van der Waals surface area contributed by atoms with Gasteiger partial charge in [0.05, 0.1) is 29.2 Å². The van der Waals surface area contributed by atoms with Crippen molar-refractivity contribution in [3.8, 4) is 5.69 Å². The van der Waals surface area contributed by atoms with Gasteiger partial charge in [0.15, 0.2) is 0 Å².